The summed E-state index contributed by atoms with van der Waals surface area (Å²) in [7, 11) is 1.17. The fourth-order valence-corrected chi connectivity index (χ4v) is 2.86. The Balaban J connectivity index is 2.50. The lowest BCUT2D eigenvalue weighted by atomic mass is 10.1. The lowest BCUT2D eigenvalue weighted by Crippen LogP contribution is -2.66. The van der Waals surface area contributed by atoms with Crippen molar-refractivity contribution >= 4 is 24.2 Å². The smallest absolute Gasteiger partial charge is 0.466 e. The normalized spacial score (nSPS) is 16.9. The Kier molecular flexibility index (Phi) is 5.78. The van der Waals surface area contributed by atoms with E-state index >= 15 is 0 Å². The number of imide groups is 1. The van der Waals surface area contributed by atoms with Gasteiger partial charge in [-0.2, -0.15) is 9.13 Å². The molecule has 2 rings (SSSR count). The van der Waals surface area contributed by atoms with Crippen LogP contribution in [0.2, 0.25) is 0 Å². The second kappa shape index (κ2) is 7.49. The maximum absolute atomic E-state index is 13.1. The Hall–Kier alpha value is -2.91. The van der Waals surface area contributed by atoms with Crippen LogP contribution in [-0.4, -0.2) is 58.0 Å². The molecule has 10 heteroatoms. The average molecular weight is 410 g/mol. The summed E-state index contributed by atoms with van der Waals surface area (Å²) < 4.78 is 17.7. The molecule has 0 saturated heterocycles. The molecule has 0 radical (unpaired) electrons. The molecule has 1 aromatic heterocycles. The first-order valence-corrected chi connectivity index (χ1v) is 9.16. The predicted molar refractivity (Wildman–Crippen MR) is 99.4 cm³/mol. The van der Waals surface area contributed by atoms with E-state index in [1.807, 2.05) is 0 Å². The first kappa shape index (κ1) is 22.4. The van der Waals surface area contributed by atoms with E-state index in [9.17, 15) is 19.2 Å². The summed E-state index contributed by atoms with van der Waals surface area (Å²) in [6, 6.07) is -2.03. The van der Waals surface area contributed by atoms with Crippen LogP contribution in [0.5, 0.6) is 0 Å². The third-order valence-electron chi connectivity index (χ3n) is 4.06. The highest BCUT2D eigenvalue weighted by Crippen LogP contribution is 2.21. The number of rotatable bonds is 1. The van der Waals surface area contributed by atoms with E-state index in [2.05, 4.69) is 0 Å². The molecule has 29 heavy (non-hydrogen) atoms. The molecule has 1 atom stereocenters. The lowest BCUT2D eigenvalue weighted by Gasteiger charge is -2.29. The molecule has 0 aliphatic carbocycles. The van der Waals surface area contributed by atoms with Crippen molar-refractivity contribution in [1.82, 2.24) is 9.47 Å². The van der Waals surface area contributed by atoms with Crippen molar-refractivity contribution in [3.05, 3.63) is 17.7 Å². The zero-order valence-corrected chi connectivity index (χ0v) is 18.1. The van der Waals surface area contributed by atoms with Crippen LogP contribution in [0.15, 0.2) is 6.33 Å². The molecule has 0 N–H and O–H groups in total. The molecule has 10 nitrogen and oxygen atoms in total. The second-order valence-corrected chi connectivity index (χ2v) is 8.74. The number of ether oxygens (including phenoxy) is 3. The van der Waals surface area contributed by atoms with Gasteiger partial charge >= 0.3 is 24.2 Å². The SMILES string of the molecule is COC(=O)C1Cc2c(C)n(C(=O)OC(C)(C)C)c[n+]2C(=O)N1C(=O)OC(C)(C)C. The average Bonchev–Trinajstić information content (AvgIpc) is 2.88. The van der Waals surface area contributed by atoms with Crippen LogP contribution in [0.3, 0.4) is 0 Å². The Morgan fingerprint density at radius 2 is 1.55 bits per heavy atom. The van der Waals surface area contributed by atoms with E-state index in [1.54, 1.807) is 48.5 Å². The van der Waals surface area contributed by atoms with Gasteiger partial charge in [-0.05, 0) is 48.5 Å². The third-order valence-corrected chi connectivity index (χ3v) is 4.06. The number of methoxy groups -OCH3 is 1. The van der Waals surface area contributed by atoms with Gasteiger partial charge in [0.2, 0.25) is 6.33 Å². The van der Waals surface area contributed by atoms with E-state index in [0.717, 1.165) is 4.57 Å². The maximum Gasteiger partial charge on any atom is 0.481 e. The molecule has 0 saturated carbocycles. The van der Waals surface area contributed by atoms with Gasteiger partial charge in [-0.25, -0.2) is 19.2 Å². The van der Waals surface area contributed by atoms with Gasteiger partial charge in [0.05, 0.1) is 13.5 Å². The molecule has 1 unspecified atom stereocenters. The third kappa shape index (κ3) is 4.75. The van der Waals surface area contributed by atoms with E-state index in [4.69, 9.17) is 14.2 Å². The number of amides is 2. The monoisotopic (exact) mass is 410 g/mol. The van der Waals surface area contributed by atoms with Crippen LogP contribution in [0, 0.1) is 6.92 Å². The first-order chi connectivity index (χ1) is 13.2. The Morgan fingerprint density at radius 3 is 2.03 bits per heavy atom. The van der Waals surface area contributed by atoms with Crippen molar-refractivity contribution in [2.45, 2.75) is 72.1 Å². The Labute approximate surface area is 169 Å². The number of nitrogens with zero attached hydrogens (tertiary/aromatic N) is 3. The van der Waals surface area contributed by atoms with Gasteiger partial charge in [0.15, 0.2) is 6.04 Å². The number of fused-ring (bicyclic) bond motifs is 1. The van der Waals surface area contributed by atoms with Crippen LogP contribution in [-0.2, 0) is 25.4 Å². The number of esters is 1. The summed E-state index contributed by atoms with van der Waals surface area (Å²) in [6.45, 7) is 11.7. The van der Waals surface area contributed by atoms with Crippen LogP contribution in [0.25, 0.3) is 0 Å². The van der Waals surface area contributed by atoms with Gasteiger partial charge in [-0.15, -0.1) is 4.90 Å². The van der Waals surface area contributed by atoms with Crippen molar-refractivity contribution in [2.75, 3.05) is 7.11 Å². The molecule has 1 aromatic rings. The summed E-state index contributed by atoms with van der Waals surface area (Å²) in [5.41, 5.74) is -0.789. The van der Waals surface area contributed by atoms with Gasteiger partial charge in [-0.3, -0.25) is 0 Å². The first-order valence-electron chi connectivity index (χ1n) is 9.16. The molecular weight excluding hydrogens is 382 g/mol. The summed E-state index contributed by atoms with van der Waals surface area (Å²) in [5, 5.41) is 0. The van der Waals surface area contributed by atoms with Crippen LogP contribution < -0.4 is 4.57 Å². The zero-order chi connectivity index (χ0) is 22.3. The van der Waals surface area contributed by atoms with Crippen molar-refractivity contribution < 1.29 is 38.0 Å². The van der Waals surface area contributed by atoms with E-state index in [1.165, 1.54) is 18.0 Å². The van der Waals surface area contributed by atoms with E-state index in [-0.39, 0.29) is 6.42 Å². The van der Waals surface area contributed by atoms with E-state index in [0.29, 0.717) is 16.3 Å². The summed E-state index contributed by atoms with van der Waals surface area (Å²) in [4.78, 5) is 51.2. The molecule has 1 aliphatic rings. The second-order valence-electron chi connectivity index (χ2n) is 8.74. The molecular formula is C19H28N3O7+. The van der Waals surface area contributed by atoms with Crippen LogP contribution in [0.1, 0.15) is 52.9 Å². The molecule has 0 bridgehead atoms. The molecule has 0 fully saturated rings. The summed E-state index contributed by atoms with van der Waals surface area (Å²) in [6.07, 6.45) is -0.438. The van der Waals surface area contributed by atoms with Crippen molar-refractivity contribution in [2.24, 2.45) is 0 Å². The minimum Gasteiger partial charge on any atom is -0.466 e. The number of carbonyl (C=O) groups is 4. The standard InChI is InChI=1S/C19H28N3O7/c1-11-12-9-13(14(23)27-8)22(17(26)29-19(5,6)7)15(24)21(12)10-20(11)16(25)28-18(2,3)4/h10,13H,9H2,1-8H3/q+1. The topological polar surface area (TPSA) is 108 Å². The number of hydrogen-bond donors (Lipinski definition) is 0. The zero-order valence-electron chi connectivity index (χ0n) is 18.1. The molecule has 2 amide bonds. The Bertz CT molecular complexity index is 858. The predicted octanol–water partition coefficient (Wildman–Crippen LogP) is 2.17. The highest BCUT2D eigenvalue weighted by Gasteiger charge is 2.50. The van der Waals surface area contributed by atoms with Crippen LogP contribution >= 0.6 is 0 Å². The molecule has 160 valence electrons. The Morgan fingerprint density at radius 1 is 1.03 bits per heavy atom. The van der Waals surface area contributed by atoms with Crippen molar-refractivity contribution in [3.63, 3.8) is 0 Å². The van der Waals surface area contributed by atoms with Gasteiger partial charge in [-0.1, -0.05) is 0 Å². The number of imidazole rings is 1. The number of aromatic nitrogens is 2. The largest absolute Gasteiger partial charge is 0.481 e. The maximum atomic E-state index is 13.1. The van der Waals surface area contributed by atoms with Crippen molar-refractivity contribution in [3.8, 4) is 0 Å². The highest BCUT2D eigenvalue weighted by molar-refractivity contribution is 5.94. The molecule has 0 spiro atoms. The lowest BCUT2D eigenvalue weighted by molar-refractivity contribution is -0.590. The number of carbonyl (C=O) groups excluding carboxylic acids is 4. The highest BCUT2D eigenvalue weighted by atomic mass is 16.6. The molecule has 2 heterocycles. The van der Waals surface area contributed by atoms with Gasteiger partial charge in [0, 0.05) is 0 Å². The quantitative estimate of drug-likeness (QED) is 0.397. The number of hydrogen-bond acceptors (Lipinski definition) is 7. The van der Waals surface area contributed by atoms with Crippen LogP contribution in [0.4, 0.5) is 14.4 Å². The molecule has 0 aromatic carbocycles. The van der Waals surface area contributed by atoms with Gasteiger partial charge in [0.25, 0.3) is 0 Å². The van der Waals surface area contributed by atoms with Gasteiger partial charge < -0.3 is 14.2 Å². The van der Waals surface area contributed by atoms with E-state index < -0.39 is 41.4 Å². The van der Waals surface area contributed by atoms with Crippen molar-refractivity contribution in [1.29, 1.82) is 0 Å². The summed E-state index contributed by atoms with van der Waals surface area (Å²) >= 11 is 0. The molecule has 1 aliphatic heterocycles. The fourth-order valence-electron chi connectivity index (χ4n) is 2.86. The minimum atomic E-state index is -1.21. The minimum absolute atomic E-state index is 0.0285. The van der Waals surface area contributed by atoms with Gasteiger partial charge in [0.1, 0.15) is 22.6 Å². The summed E-state index contributed by atoms with van der Waals surface area (Å²) in [5.74, 6) is -0.764. The fraction of sp³-hybridized carbons (Fsp3) is 0.632.